The van der Waals surface area contributed by atoms with Gasteiger partial charge >= 0.3 is 0 Å². The summed E-state index contributed by atoms with van der Waals surface area (Å²) in [5.74, 6) is 0.221. The van der Waals surface area contributed by atoms with Crippen LogP contribution in [0.2, 0.25) is 5.02 Å². The first-order valence-electron chi connectivity index (χ1n) is 8.24. The van der Waals surface area contributed by atoms with Gasteiger partial charge in [-0.3, -0.25) is 4.79 Å². The van der Waals surface area contributed by atoms with Gasteiger partial charge in [-0.25, -0.2) is 4.98 Å². The molecular weight excluding hydrogens is 428 g/mol. The van der Waals surface area contributed by atoms with Crippen molar-refractivity contribution in [3.8, 4) is 11.5 Å². The van der Waals surface area contributed by atoms with E-state index in [1.54, 1.807) is 24.3 Å². The first-order valence-corrected chi connectivity index (χ1v) is 9.41. The number of nitrogens with zero attached hydrogens (tertiary/aromatic N) is 1. The van der Waals surface area contributed by atoms with Gasteiger partial charge in [-0.1, -0.05) is 29.8 Å². The van der Waals surface area contributed by atoms with E-state index >= 15 is 0 Å². The molecule has 4 aromatic rings. The molecule has 0 saturated carbocycles. The normalized spacial score (nSPS) is 10.9. The number of oxazole rings is 1. The molecule has 4 nitrogen and oxygen atoms in total. The maximum atomic E-state index is 12.6. The van der Waals surface area contributed by atoms with E-state index in [0.717, 1.165) is 22.2 Å². The highest BCUT2D eigenvalue weighted by atomic mass is 79.9. The summed E-state index contributed by atoms with van der Waals surface area (Å²) in [5, 5.41) is 3.29. The molecule has 134 valence electrons. The Bertz CT molecular complexity index is 1170. The molecule has 0 spiro atoms. The summed E-state index contributed by atoms with van der Waals surface area (Å²) in [6.07, 6.45) is 0. The molecule has 4 rings (SSSR count). The number of carbonyl (C=O) groups excluding carboxylic acids is 1. The van der Waals surface area contributed by atoms with Gasteiger partial charge in [-0.2, -0.15) is 0 Å². The van der Waals surface area contributed by atoms with E-state index in [0.29, 0.717) is 26.6 Å². The van der Waals surface area contributed by atoms with Crippen LogP contribution in [0.5, 0.6) is 0 Å². The van der Waals surface area contributed by atoms with Gasteiger partial charge in [0.15, 0.2) is 5.58 Å². The molecule has 1 amide bonds. The van der Waals surface area contributed by atoms with Crippen molar-refractivity contribution in [3.05, 3.63) is 81.3 Å². The molecule has 0 atom stereocenters. The highest BCUT2D eigenvalue weighted by molar-refractivity contribution is 9.10. The summed E-state index contributed by atoms with van der Waals surface area (Å²) in [4.78, 5) is 17.1. The second-order valence-corrected chi connectivity index (χ2v) is 7.38. The average molecular weight is 442 g/mol. The molecule has 0 fully saturated rings. The Morgan fingerprint density at radius 3 is 2.74 bits per heavy atom. The summed E-state index contributed by atoms with van der Waals surface area (Å²) in [6.45, 7) is 2.00. The lowest BCUT2D eigenvalue weighted by Gasteiger charge is -2.09. The number of carbonyl (C=O) groups is 1. The summed E-state index contributed by atoms with van der Waals surface area (Å²) in [6, 6.07) is 18.3. The molecular formula is C21H14BrClN2O2. The van der Waals surface area contributed by atoms with E-state index in [-0.39, 0.29) is 5.91 Å². The third-order valence-electron chi connectivity index (χ3n) is 4.12. The number of rotatable bonds is 3. The van der Waals surface area contributed by atoms with Gasteiger partial charge in [0.2, 0.25) is 5.89 Å². The van der Waals surface area contributed by atoms with Gasteiger partial charge in [0.1, 0.15) is 5.52 Å². The Balaban J connectivity index is 1.68. The zero-order valence-corrected chi connectivity index (χ0v) is 16.6. The second kappa shape index (κ2) is 7.18. The Morgan fingerprint density at radius 2 is 1.93 bits per heavy atom. The minimum absolute atomic E-state index is 0.255. The van der Waals surface area contributed by atoms with Crippen LogP contribution in [-0.2, 0) is 0 Å². The van der Waals surface area contributed by atoms with E-state index in [2.05, 4.69) is 26.2 Å². The number of fused-ring (bicyclic) bond motifs is 1. The molecule has 0 aliphatic carbocycles. The summed E-state index contributed by atoms with van der Waals surface area (Å²) < 4.78 is 6.58. The van der Waals surface area contributed by atoms with Gasteiger partial charge in [0, 0.05) is 10.0 Å². The largest absolute Gasteiger partial charge is 0.436 e. The van der Waals surface area contributed by atoms with Gasteiger partial charge in [-0.05, 0) is 70.9 Å². The Kier molecular flexibility index (Phi) is 4.72. The summed E-state index contributed by atoms with van der Waals surface area (Å²) in [5.41, 5.74) is 4.35. The zero-order chi connectivity index (χ0) is 19.0. The van der Waals surface area contributed by atoms with Crippen LogP contribution in [0.15, 0.2) is 69.6 Å². The fraction of sp³-hybridized carbons (Fsp3) is 0.0476. The predicted octanol–water partition coefficient (Wildman–Crippen LogP) is 6.47. The van der Waals surface area contributed by atoms with Crippen LogP contribution in [-0.4, -0.2) is 10.9 Å². The van der Waals surface area contributed by atoms with E-state index in [9.17, 15) is 4.79 Å². The van der Waals surface area contributed by atoms with Crippen molar-refractivity contribution >= 4 is 50.2 Å². The highest BCUT2D eigenvalue weighted by Gasteiger charge is 2.14. The topological polar surface area (TPSA) is 55.1 Å². The molecule has 6 heteroatoms. The fourth-order valence-corrected chi connectivity index (χ4v) is 3.37. The maximum absolute atomic E-state index is 12.6. The molecule has 0 radical (unpaired) electrons. The first-order chi connectivity index (χ1) is 13.0. The number of hydrogen-bond acceptors (Lipinski definition) is 3. The SMILES string of the molecule is Cc1ccc2nc(-c3ccc(Cl)c(NC(=O)c4ccccc4Br)c3)oc2c1. The quantitative estimate of drug-likeness (QED) is 0.396. The van der Waals surface area contributed by atoms with Gasteiger partial charge in [0.05, 0.1) is 16.3 Å². The number of halogens is 2. The number of nitrogens with one attached hydrogen (secondary N) is 1. The number of aryl methyl sites for hydroxylation is 1. The van der Waals surface area contributed by atoms with Crippen molar-refractivity contribution < 1.29 is 9.21 Å². The monoisotopic (exact) mass is 440 g/mol. The van der Waals surface area contributed by atoms with E-state index in [1.165, 1.54) is 0 Å². The molecule has 0 aliphatic heterocycles. The molecule has 0 bridgehead atoms. The number of benzene rings is 3. The predicted molar refractivity (Wildman–Crippen MR) is 111 cm³/mol. The third-order valence-corrected chi connectivity index (χ3v) is 5.15. The fourth-order valence-electron chi connectivity index (χ4n) is 2.74. The van der Waals surface area contributed by atoms with Crippen LogP contribution in [0.4, 0.5) is 5.69 Å². The Morgan fingerprint density at radius 1 is 1.11 bits per heavy atom. The molecule has 27 heavy (non-hydrogen) atoms. The van der Waals surface area contributed by atoms with Crippen molar-refractivity contribution in [3.63, 3.8) is 0 Å². The summed E-state index contributed by atoms with van der Waals surface area (Å²) >= 11 is 9.66. The van der Waals surface area contributed by atoms with E-state index in [1.807, 2.05) is 43.3 Å². The molecule has 1 N–H and O–H groups in total. The van der Waals surface area contributed by atoms with Crippen LogP contribution >= 0.6 is 27.5 Å². The van der Waals surface area contributed by atoms with Crippen molar-refractivity contribution in [2.75, 3.05) is 5.32 Å². The molecule has 1 aromatic heterocycles. The van der Waals surface area contributed by atoms with Gasteiger partial charge in [-0.15, -0.1) is 0 Å². The lowest BCUT2D eigenvalue weighted by Crippen LogP contribution is -2.12. The summed E-state index contributed by atoms with van der Waals surface area (Å²) in [7, 11) is 0. The van der Waals surface area contributed by atoms with E-state index < -0.39 is 0 Å². The molecule has 0 aliphatic rings. The van der Waals surface area contributed by atoms with Gasteiger partial charge < -0.3 is 9.73 Å². The number of anilines is 1. The van der Waals surface area contributed by atoms with Crippen LogP contribution in [0.3, 0.4) is 0 Å². The molecule has 0 saturated heterocycles. The van der Waals surface area contributed by atoms with Crippen molar-refractivity contribution in [2.24, 2.45) is 0 Å². The Labute approximate surface area is 169 Å². The van der Waals surface area contributed by atoms with Gasteiger partial charge in [0.25, 0.3) is 5.91 Å². The van der Waals surface area contributed by atoms with Crippen LogP contribution in [0.25, 0.3) is 22.6 Å². The number of amides is 1. The lowest BCUT2D eigenvalue weighted by molar-refractivity contribution is 0.102. The first kappa shape index (κ1) is 17.8. The minimum Gasteiger partial charge on any atom is -0.436 e. The smallest absolute Gasteiger partial charge is 0.256 e. The van der Waals surface area contributed by atoms with Crippen LogP contribution < -0.4 is 5.32 Å². The zero-order valence-electron chi connectivity index (χ0n) is 14.3. The molecule has 3 aromatic carbocycles. The highest BCUT2D eigenvalue weighted by Crippen LogP contribution is 2.31. The van der Waals surface area contributed by atoms with Crippen LogP contribution in [0.1, 0.15) is 15.9 Å². The van der Waals surface area contributed by atoms with Crippen molar-refractivity contribution in [1.82, 2.24) is 4.98 Å². The average Bonchev–Trinajstić information content (AvgIpc) is 3.07. The number of hydrogen-bond donors (Lipinski definition) is 1. The molecule has 1 heterocycles. The number of aromatic nitrogens is 1. The van der Waals surface area contributed by atoms with Crippen molar-refractivity contribution in [2.45, 2.75) is 6.92 Å². The van der Waals surface area contributed by atoms with E-state index in [4.69, 9.17) is 16.0 Å². The maximum Gasteiger partial charge on any atom is 0.256 e. The van der Waals surface area contributed by atoms with Crippen molar-refractivity contribution in [1.29, 1.82) is 0 Å². The Hall–Kier alpha value is -2.63. The standard InChI is InChI=1S/C21H14BrClN2O2/c1-12-6-9-17-19(10-12)27-21(25-17)13-7-8-16(23)18(11-13)24-20(26)14-4-2-3-5-15(14)22/h2-11H,1H3,(H,24,26). The third kappa shape index (κ3) is 3.61. The minimum atomic E-state index is -0.255. The second-order valence-electron chi connectivity index (χ2n) is 6.12. The lowest BCUT2D eigenvalue weighted by atomic mass is 10.1. The van der Waals surface area contributed by atoms with Crippen LogP contribution in [0, 0.1) is 6.92 Å². The molecule has 0 unspecified atom stereocenters.